The standard InChI is InChI=1S/C12H18N4O/c1-10(17)15-8-11-2-6-16(7-3-11)12-9-13-4-5-14-12/h4-5,9,11H,2-3,6-8H2,1H3,(H,15,17). The van der Waals surface area contributed by atoms with E-state index in [9.17, 15) is 4.79 Å². The molecule has 92 valence electrons. The molecule has 1 aliphatic heterocycles. The summed E-state index contributed by atoms with van der Waals surface area (Å²) >= 11 is 0. The van der Waals surface area contributed by atoms with Gasteiger partial charge in [0.1, 0.15) is 5.82 Å². The van der Waals surface area contributed by atoms with Crippen molar-refractivity contribution in [3.05, 3.63) is 18.6 Å². The minimum atomic E-state index is 0.0568. The Morgan fingerprint density at radius 3 is 2.82 bits per heavy atom. The van der Waals surface area contributed by atoms with Crippen molar-refractivity contribution in [3.8, 4) is 0 Å². The number of piperidine rings is 1. The van der Waals surface area contributed by atoms with Crippen LogP contribution in [0.15, 0.2) is 18.6 Å². The van der Waals surface area contributed by atoms with Gasteiger partial charge >= 0.3 is 0 Å². The van der Waals surface area contributed by atoms with Gasteiger partial charge in [0.2, 0.25) is 5.91 Å². The van der Waals surface area contributed by atoms with E-state index in [1.54, 1.807) is 25.5 Å². The zero-order chi connectivity index (χ0) is 12.1. The molecule has 5 heteroatoms. The maximum Gasteiger partial charge on any atom is 0.216 e. The number of nitrogens with zero attached hydrogens (tertiary/aromatic N) is 3. The Kier molecular flexibility index (Phi) is 3.90. The van der Waals surface area contributed by atoms with E-state index in [1.165, 1.54) is 0 Å². The van der Waals surface area contributed by atoms with E-state index in [0.29, 0.717) is 5.92 Å². The normalized spacial score (nSPS) is 16.9. The number of carbonyl (C=O) groups is 1. The van der Waals surface area contributed by atoms with Crippen molar-refractivity contribution < 1.29 is 4.79 Å². The number of rotatable bonds is 3. The Morgan fingerprint density at radius 1 is 1.47 bits per heavy atom. The molecule has 17 heavy (non-hydrogen) atoms. The molecule has 1 aromatic rings. The highest BCUT2D eigenvalue weighted by Gasteiger charge is 2.20. The van der Waals surface area contributed by atoms with Crippen LogP contribution in [0, 0.1) is 5.92 Å². The number of hydrogen-bond donors (Lipinski definition) is 1. The predicted molar refractivity (Wildman–Crippen MR) is 65.7 cm³/mol. The molecule has 0 bridgehead atoms. The summed E-state index contributed by atoms with van der Waals surface area (Å²) in [6, 6.07) is 0. The van der Waals surface area contributed by atoms with Crippen molar-refractivity contribution in [2.45, 2.75) is 19.8 Å². The molecule has 5 nitrogen and oxygen atoms in total. The van der Waals surface area contributed by atoms with Crippen molar-refractivity contribution in [1.82, 2.24) is 15.3 Å². The summed E-state index contributed by atoms with van der Waals surface area (Å²) in [4.78, 5) is 21.5. The highest BCUT2D eigenvalue weighted by molar-refractivity contribution is 5.72. The molecule has 2 rings (SSSR count). The van der Waals surface area contributed by atoms with Gasteiger partial charge < -0.3 is 10.2 Å². The number of amides is 1. The number of nitrogens with one attached hydrogen (secondary N) is 1. The van der Waals surface area contributed by atoms with Crippen LogP contribution in [0.3, 0.4) is 0 Å². The summed E-state index contributed by atoms with van der Waals surface area (Å²) in [6.45, 7) is 4.34. The number of hydrogen-bond acceptors (Lipinski definition) is 4. The molecular formula is C12H18N4O. The highest BCUT2D eigenvalue weighted by atomic mass is 16.1. The molecule has 1 aromatic heterocycles. The molecule has 2 heterocycles. The van der Waals surface area contributed by atoms with Gasteiger partial charge in [0.05, 0.1) is 6.20 Å². The topological polar surface area (TPSA) is 58.1 Å². The van der Waals surface area contributed by atoms with Crippen LogP contribution in [0.5, 0.6) is 0 Å². The van der Waals surface area contributed by atoms with Crippen LogP contribution in [0.1, 0.15) is 19.8 Å². The van der Waals surface area contributed by atoms with E-state index in [4.69, 9.17) is 0 Å². The maximum absolute atomic E-state index is 10.8. The van der Waals surface area contributed by atoms with Crippen molar-refractivity contribution in [3.63, 3.8) is 0 Å². The molecular weight excluding hydrogens is 216 g/mol. The number of carbonyl (C=O) groups excluding carboxylic acids is 1. The molecule has 0 saturated carbocycles. The summed E-state index contributed by atoms with van der Waals surface area (Å²) < 4.78 is 0. The van der Waals surface area contributed by atoms with Gasteiger partial charge in [0, 0.05) is 39.0 Å². The van der Waals surface area contributed by atoms with Crippen LogP contribution in [0.4, 0.5) is 5.82 Å². The smallest absolute Gasteiger partial charge is 0.216 e. The van der Waals surface area contributed by atoms with Crippen LogP contribution in [-0.2, 0) is 4.79 Å². The molecule has 1 aliphatic rings. The van der Waals surface area contributed by atoms with Gasteiger partial charge in [-0.15, -0.1) is 0 Å². The van der Waals surface area contributed by atoms with Crippen molar-refractivity contribution in [2.24, 2.45) is 5.92 Å². The predicted octanol–water partition coefficient (Wildman–Crippen LogP) is 0.829. The Hall–Kier alpha value is -1.65. The van der Waals surface area contributed by atoms with Gasteiger partial charge in [0.25, 0.3) is 0 Å². The first-order valence-electron chi connectivity index (χ1n) is 6.01. The van der Waals surface area contributed by atoms with Gasteiger partial charge in [-0.25, -0.2) is 4.98 Å². The van der Waals surface area contributed by atoms with Crippen LogP contribution < -0.4 is 10.2 Å². The number of anilines is 1. The Labute approximate surface area is 101 Å². The lowest BCUT2D eigenvalue weighted by Gasteiger charge is -2.32. The van der Waals surface area contributed by atoms with Crippen molar-refractivity contribution >= 4 is 11.7 Å². The first-order chi connectivity index (χ1) is 8.25. The third kappa shape index (κ3) is 3.41. The molecule has 0 radical (unpaired) electrons. The van der Waals surface area contributed by atoms with Gasteiger partial charge in [0.15, 0.2) is 0 Å². The Balaban J connectivity index is 1.80. The zero-order valence-electron chi connectivity index (χ0n) is 10.1. The van der Waals surface area contributed by atoms with E-state index in [2.05, 4.69) is 20.2 Å². The van der Waals surface area contributed by atoms with Crippen LogP contribution in [0.25, 0.3) is 0 Å². The molecule has 0 spiro atoms. The fraction of sp³-hybridized carbons (Fsp3) is 0.583. The monoisotopic (exact) mass is 234 g/mol. The third-order valence-electron chi connectivity index (χ3n) is 3.13. The molecule has 1 amide bonds. The van der Waals surface area contributed by atoms with Gasteiger partial charge in [-0.05, 0) is 18.8 Å². The second-order valence-corrected chi connectivity index (χ2v) is 4.43. The molecule has 1 fully saturated rings. The second kappa shape index (κ2) is 5.61. The lowest BCUT2D eigenvalue weighted by molar-refractivity contribution is -0.119. The minimum Gasteiger partial charge on any atom is -0.356 e. The molecule has 0 aliphatic carbocycles. The molecule has 0 atom stereocenters. The lowest BCUT2D eigenvalue weighted by atomic mass is 9.97. The lowest BCUT2D eigenvalue weighted by Crippen LogP contribution is -2.38. The molecule has 0 unspecified atom stereocenters. The molecule has 1 N–H and O–H groups in total. The van der Waals surface area contributed by atoms with Crippen LogP contribution in [0.2, 0.25) is 0 Å². The van der Waals surface area contributed by atoms with Gasteiger partial charge in [-0.3, -0.25) is 9.78 Å². The summed E-state index contributed by atoms with van der Waals surface area (Å²) in [6.07, 6.45) is 7.40. The van der Waals surface area contributed by atoms with Gasteiger partial charge in [-0.2, -0.15) is 0 Å². The maximum atomic E-state index is 10.8. The molecule has 1 saturated heterocycles. The fourth-order valence-corrected chi connectivity index (χ4v) is 2.11. The summed E-state index contributed by atoms with van der Waals surface area (Å²) in [5, 5.41) is 2.88. The van der Waals surface area contributed by atoms with Crippen molar-refractivity contribution in [2.75, 3.05) is 24.5 Å². The highest BCUT2D eigenvalue weighted by Crippen LogP contribution is 2.20. The summed E-state index contributed by atoms with van der Waals surface area (Å²) in [7, 11) is 0. The van der Waals surface area contributed by atoms with Crippen molar-refractivity contribution in [1.29, 1.82) is 0 Å². The Morgan fingerprint density at radius 2 is 2.24 bits per heavy atom. The van der Waals surface area contributed by atoms with E-state index in [0.717, 1.165) is 38.3 Å². The van der Waals surface area contributed by atoms with Gasteiger partial charge in [-0.1, -0.05) is 0 Å². The quantitative estimate of drug-likeness (QED) is 0.841. The van der Waals surface area contributed by atoms with E-state index in [1.807, 2.05) is 0 Å². The molecule has 0 aromatic carbocycles. The summed E-state index contributed by atoms with van der Waals surface area (Å²) in [5.41, 5.74) is 0. The Bertz CT molecular complexity index is 360. The second-order valence-electron chi connectivity index (χ2n) is 4.43. The minimum absolute atomic E-state index is 0.0568. The van der Waals surface area contributed by atoms with E-state index < -0.39 is 0 Å². The number of aromatic nitrogens is 2. The third-order valence-corrected chi connectivity index (χ3v) is 3.13. The SMILES string of the molecule is CC(=O)NCC1CCN(c2cnccn2)CC1. The average molecular weight is 234 g/mol. The zero-order valence-corrected chi connectivity index (χ0v) is 10.1. The van der Waals surface area contributed by atoms with E-state index in [-0.39, 0.29) is 5.91 Å². The van der Waals surface area contributed by atoms with Crippen LogP contribution in [-0.4, -0.2) is 35.5 Å². The average Bonchev–Trinajstić information content (AvgIpc) is 2.38. The summed E-state index contributed by atoms with van der Waals surface area (Å²) in [5.74, 6) is 1.60. The first kappa shape index (κ1) is 11.8. The first-order valence-corrected chi connectivity index (χ1v) is 6.01. The fourth-order valence-electron chi connectivity index (χ4n) is 2.11. The van der Waals surface area contributed by atoms with Crippen LogP contribution >= 0.6 is 0 Å². The van der Waals surface area contributed by atoms with E-state index >= 15 is 0 Å². The largest absolute Gasteiger partial charge is 0.356 e.